The van der Waals surface area contributed by atoms with Crippen LogP contribution in [0, 0.1) is 0 Å². The van der Waals surface area contributed by atoms with Crippen molar-refractivity contribution in [1.29, 1.82) is 0 Å². The number of carbonyl (C=O) groups excluding carboxylic acids is 1. The van der Waals surface area contributed by atoms with Crippen molar-refractivity contribution in [2.75, 3.05) is 12.4 Å². The fourth-order valence-electron chi connectivity index (χ4n) is 4.51. The van der Waals surface area contributed by atoms with Crippen molar-refractivity contribution in [1.82, 2.24) is 10.4 Å². The van der Waals surface area contributed by atoms with Crippen molar-refractivity contribution in [2.45, 2.75) is 11.8 Å². The number of nitrogens with zero attached hydrogens (tertiary/aromatic N) is 1. The van der Waals surface area contributed by atoms with Gasteiger partial charge in [-0.15, -0.1) is 0 Å². The lowest BCUT2D eigenvalue weighted by Gasteiger charge is -2.44. The molecule has 1 spiro atoms. The van der Waals surface area contributed by atoms with Crippen LogP contribution in [-0.2, 0) is 10.5 Å². The van der Waals surface area contributed by atoms with E-state index in [0.717, 1.165) is 38.3 Å². The van der Waals surface area contributed by atoms with Gasteiger partial charge in [-0.3, -0.25) is 4.79 Å². The Kier molecular flexibility index (Phi) is 3.94. The zero-order valence-corrected chi connectivity index (χ0v) is 18.1. The zero-order valence-electron chi connectivity index (χ0n) is 16.6. The average Bonchev–Trinajstić information content (AvgIpc) is 3.35. The second-order valence-electron chi connectivity index (χ2n) is 7.66. The van der Waals surface area contributed by atoms with Crippen LogP contribution in [0.1, 0.15) is 22.7 Å². The van der Waals surface area contributed by atoms with Gasteiger partial charge in [0.2, 0.25) is 0 Å². The second kappa shape index (κ2) is 6.60. The number of methoxy groups -OCH3 is 1. The molecule has 6 rings (SSSR count). The zero-order chi connectivity index (χ0) is 21.2. The molecule has 3 aromatic carbocycles. The van der Waals surface area contributed by atoms with Gasteiger partial charge in [-0.1, -0.05) is 34.1 Å². The number of carbonyl (C=O) groups is 1. The highest BCUT2D eigenvalue weighted by Gasteiger charge is 2.60. The third-order valence-electron chi connectivity index (χ3n) is 5.98. The molecule has 2 N–H and O–H groups in total. The van der Waals surface area contributed by atoms with Gasteiger partial charge in [0.05, 0.1) is 24.5 Å². The summed E-state index contributed by atoms with van der Waals surface area (Å²) >= 11 is 3.54. The highest BCUT2D eigenvalue weighted by atomic mass is 79.9. The Bertz CT molecular complexity index is 1260. The summed E-state index contributed by atoms with van der Waals surface area (Å²) in [6, 6.07) is 21.2. The summed E-state index contributed by atoms with van der Waals surface area (Å²) < 4.78 is 12.7. The number of hydrogen-bond acceptors (Lipinski definition) is 5. The molecular formula is C24H18BrN3O3. The molecule has 3 aliphatic heterocycles. The number of para-hydroxylation sites is 1. The third kappa shape index (κ3) is 2.57. The minimum atomic E-state index is -1.33. The number of benzene rings is 3. The molecule has 1 amide bonds. The first-order chi connectivity index (χ1) is 15.1. The van der Waals surface area contributed by atoms with Crippen LogP contribution in [-0.4, -0.2) is 18.0 Å². The molecular weight excluding hydrogens is 458 g/mol. The molecule has 0 radical (unpaired) electrons. The molecule has 2 unspecified atom stereocenters. The molecule has 154 valence electrons. The molecule has 3 aliphatic rings. The van der Waals surface area contributed by atoms with Crippen molar-refractivity contribution in [2.24, 2.45) is 0 Å². The summed E-state index contributed by atoms with van der Waals surface area (Å²) in [7, 11) is 1.65. The molecule has 3 heterocycles. The van der Waals surface area contributed by atoms with Gasteiger partial charge in [0.1, 0.15) is 11.5 Å². The van der Waals surface area contributed by atoms with Crippen molar-refractivity contribution < 1.29 is 14.3 Å². The predicted octanol–water partition coefficient (Wildman–Crippen LogP) is 4.56. The van der Waals surface area contributed by atoms with E-state index in [1.165, 1.54) is 0 Å². The van der Waals surface area contributed by atoms with Crippen LogP contribution in [0.15, 0.2) is 77.3 Å². The summed E-state index contributed by atoms with van der Waals surface area (Å²) in [5.41, 5.74) is 6.54. The number of nitrogens with one attached hydrogen (secondary N) is 2. The molecule has 0 aliphatic carbocycles. The van der Waals surface area contributed by atoms with E-state index >= 15 is 0 Å². The average molecular weight is 476 g/mol. The highest BCUT2D eigenvalue weighted by molar-refractivity contribution is 9.10. The van der Waals surface area contributed by atoms with E-state index in [4.69, 9.17) is 9.47 Å². The number of fused-ring (bicyclic) bond motifs is 6. The summed E-state index contributed by atoms with van der Waals surface area (Å²) in [6.45, 7) is 0. The van der Waals surface area contributed by atoms with E-state index in [9.17, 15) is 4.79 Å². The smallest absolute Gasteiger partial charge is 0.291 e. The lowest BCUT2D eigenvalue weighted by molar-refractivity contribution is -0.165. The van der Waals surface area contributed by atoms with E-state index in [1.54, 1.807) is 7.11 Å². The van der Waals surface area contributed by atoms with Gasteiger partial charge in [-0.25, -0.2) is 0 Å². The lowest BCUT2D eigenvalue weighted by Crippen LogP contribution is -2.60. The molecule has 0 bridgehead atoms. The minimum absolute atomic E-state index is 0.183. The van der Waals surface area contributed by atoms with Crippen LogP contribution < -0.4 is 20.2 Å². The Morgan fingerprint density at radius 3 is 2.71 bits per heavy atom. The maximum Gasteiger partial charge on any atom is 0.291 e. The van der Waals surface area contributed by atoms with E-state index in [2.05, 4.69) is 32.7 Å². The summed E-state index contributed by atoms with van der Waals surface area (Å²) in [5.74, 6) is 1.26. The van der Waals surface area contributed by atoms with Gasteiger partial charge < -0.3 is 20.2 Å². The number of anilines is 1. The monoisotopic (exact) mass is 475 g/mol. The Balaban J connectivity index is 1.52. The van der Waals surface area contributed by atoms with Crippen LogP contribution in [0.3, 0.4) is 0 Å². The predicted molar refractivity (Wildman–Crippen MR) is 120 cm³/mol. The van der Waals surface area contributed by atoms with Crippen LogP contribution in [0.2, 0.25) is 0 Å². The van der Waals surface area contributed by atoms with E-state index < -0.39 is 5.72 Å². The number of amides is 1. The lowest BCUT2D eigenvalue weighted by atomic mass is 9.95. The fraction of sp³-hybridized carbons (Fsp3) is 0.125. The van der Waals surface area contributed by atoms with Crippen molar-refractivity contribution in [3.05, 3.63) is 94.0 Å². The van der Waals surface area contributed by atoms with E-state index in [0.29, 0.717) is 5.75 Å². The van der Waals surface area contributed by atoms with Gasteiger partial charge in [0.25, 0.3) is 11.6 Å². The van der Waals surface area contributed by atoms with Crippen molar-refractivity contribution in [3.63, 3.8) is 0 Å². The van der Waals surface area contributed by atoms with Gasteiger partial charge in [0, 0.05) is 15.6 Å². The summed E-state index contributed by atoms with van der Waals surface area (Å²) in [4.78, 5) is 13.4. The number of halogens is 1. The van der Waals surface area contributed by atoms with Gasteiger partial charge in [-0.2, -0.15) is 5.01 Å². The molecule has 3 aromatic rings. The first-order valence-corrected chi connectivity index (χ1v) is 10.7. The Labute approximate surface area is 187 Å². The number of hydrogen-bond donors (Lipinski definition) is 2. The Morgan fingerprint density at radius 1 is 1.10 bits per heavy atom. The SMILES string of the molecule is COc1ccc(C2=CC3c4ccccc4OC4(C(=O)Nc5ccc(Br)cc54)N3N2)cc1. The Morgan fingerprint density at radius 2 is 1.90 bits per heavy atom. The summed E-state index contributed by atoms with van der Waals surface area (Å²) in [5, 5.41) is 4.90. The number of hydrazine groups is 1. The van der Waals surface area contributed by atoms with E-state index in [1.807, 2.05) is 71.7 Å². The normalized spacial score (nSPS) is 23.2. The minimum Gasteiger partial charge on any atom is -0.497 e. The molecule has 7 heteroatoms. The third-order valence-corrected chi connectivity index (χ3v) is 6.48. The topological polar surface area (TPSA) is 62.8 Å². The van der Waals surface area contributed by atoms with Crippen molar-refractivity contribution in [3.8, 4) is 11.5 Å². The van der Waals surface area contributed by atoms with Crippen molar-refractivity contribution >= 4 is 33.2 Å². The maximum absolute atomic E-state index is 13.4. The van der Waals surface area contributed by atoms with Crippen LogP contribution in [0.5, 0.6) is 11.5 Å². The molecule has 31 heavy (non-hydrogen) atoms. The fourth-order valence-corrected chi connectivity index (χ4v) is 4.87. The quantitative estimate of drug-likeness (QED) is 0.568. The molecule has 0 saturated carbocycles. The largest absolute Gasteiger partial charge is 0.497 e. The molecule has 0 saturated heterocycles. The molecule has 6 nitrogen and oxygen atoms in total. The first kappa shape index (κ1) is 18.5. The van der Waals surface area contributed by atoms with Crippen LogP contribution >= 0.6 is 15.9 Å². The van der Waals surface area contributed by atoms with Crippen LogP contribution in [0.25, 0.3) is 5.70 Å². The van der Waals surface area contributed by atoms with Gasteiger partial charge in [-0.05, 0) is 60.2 Å². The molecule has 0 fully saturated rings. The summed E-state index contributed by atoms with van der Waals surface area (Å²) in [6.07, 6.45) is 2.13. The molecule has 0 aromatic heterocycles. The van der Waals surface area contributed by atoms with Gasteiger partial charge >= 0.3 is 0 Å². The van der Waals surface area contributed by atoms with Gasteiger partial charge in [0.15, 0.2) is 0 Å². The molecule has 2 atom stereocenters. The highest BCUT2D eigenvalue weighted by Crippen LogP contribution is 2.53. The van der Waals surface area contributed by atoms with Crippen LogP contribution in [0.4, 0.5) is 5.69 Å². The second-order valence-corrected chi connectivity index (χ2v) is 8.58. The van der Waals surface area contributed by atoms with E-state index in [-0.39, 0.29) is 11.9 Å². The maximum atomic E-state index is 13.4. The first-order valence-electron chi connectivity index (χ1n) is 9.92. The number of rotatable bonds is 2. The Hall–Kier alpha value is -3.29. The number of ether oxygens (including phenoxy) is 2. The standard InChI is InChI=1S/C24H18BrN3O3/c1-30-16-9-6-14(7-10-16)20-13-21-17-4-2-3-5-22(17)31-24(28(21)27-20)18-12-15(25)8-11-19(18)26-23(24)29/h2-13,21,27H,1H3,(H,26,29).